The molecule has 15 nitrogen and oxygen atoms in total. The number of carbonyl (C=O) groups is 5. The van der Waals surface area contributed by atoms with Crippen LogP contribution in [0.2, 0.25) is 0 Å². The number of fused-ring (bicyclic) bond motifs is 3. The lowest BCUT2D eigenvalue weighted by Gasteiger charge is -2.42. The van der Waals surface area contributed by atoms with Crippen LogP contribution in [0.4, 0.5) is 9.59 Å². The molecule has 0 aromatic heterocycles. The normalized spacial score (nSPS) is 21.5. The van der Waals surface area contributed by atoms with E-state index >= 15 is 0 Å². The molecular formula is C34H42N4O11S. The van der Waals surface area contributed by atoms with Crippen LogP contribution in [0.15, 0.2) is 61.2 Å². The topological polar surface area (TPSA) is 239 Å². The molecule has 1 saturated heterocycles. The summed E-state index contributed by atoms with van der Waals surface area (Å²) in [6.45, 7) is 2.77. The smallest absolute Gasteiger partial charge is 0.407 e. The molecule has 8 N–H and O–H groups in total. The Morgan fingerprint density at radius 1 is 0.880 bits per heavy atom. The van der Waals surface area contributed by atoms with Gasteiger partial charge in [-0.2, -0.15) is 0 Å². The fraction of sp³-hybridized carbons (Fsp3) is 0.441. The molecule has 2 aromatic rings. The van der Waals surface area contributed by atoms with Crippen molar-refractivity contribution in [3.05, 3.63) is 72.3 Å². The second-order valence-corrected chi connectivity index (χ2v) is 12.9. The number of alkyl carbamates (subject to hydrolysis) is 2. The van der Waals surface area contributed by atoms with Gasteiger partial charge >= 0.3 is 18.2 Å². The molecule has 16 heteroatoms. The van der Waals surface area contributed by atoms with E-state index in [1.165, 1.54) is 6.08 Å². The van der Waals surface area contributed by atoms with E-state index in [9.17, 15) is 34.2 Å². The molecule has 0 spiro atoms. The van der Waals surface area contributed by atoms with Gasteiger partial charge in [0.05, 0.1) is 6.04 Å². The van der Waals surface area contributed by atoms with Crippen molar-refractivity contribution in [2.75, 3.05) is 25.6 Å². The van der Waals surface area contributed by atoms with E-state index in [4.69, 9.17) is 30.4 Å². The van der Waals surface area contributed by atoms with Gasteiger partial charge in [0.1, 0.15) is 49.6 Å². The van der Waals surface area contributed by atoms with Crippen molar-refractivity contribution in [3.8, 4) is 11.1 Å². The van der Waals surface area contributed by atoms with Crippen molar-refractivity contribution in [1.29, 1.82) is 0 Å². The number of benzene rings is 2. The molecule has 270 valence electrons. The third-order valence-corrected chi connectivity index (χ3v) is 9.41. The highest BCUT2D eigenvalue weighted by atomic mass is 32.2. The van der Waals surface area contributed by atoms with Crippen LogP contribution in [0, 0.1) is 0 Å². The number of esters is 1. The summed E-state index contributed by atoms with van der Waals surface area (Å²) in [5, 5.41) is 26.7. The first-order valence-electron chi connectivity index (χ1n) is 16.0. The van der Waals surface area contributed by atoms with Gasteiger partial charge in [0, 0.05) is 18.8 Å². The van der Waals surface area contributed by atoms with E-state index in [0.29, 0.717) is 12.2 Å². The summed E-state index contributed by atoms with van der Waals surface area (Å²) in [7, 11) is 0. The van der Waals surface area contributed by atoms with Gasteiger partial charge in [0.15, 0.2) is 0 Å². The van der Waals surface area contributed by atoms with E-state index in [1.807, 2.05) is 48.5 Å². The Balaban J connectivity index is 1.38. The second-order valence-electron chi connectivity index (χ2n) is 11.7. The largest absolute Gasteiger partial charge is 0.461 e. The van der Waals surface area contributed by atoms with Crippen LogP contribution in [0.25, 0.3) is 11.1 Å². The molecule has 50 heavy (non-hydrogen) atoms. The van der Waals surface area contributed by atoms with Crippen molar-refractivity contribution in [1.82, 2.24) is 10.6 Å². The zero-order valence-corrected chi connectivity index (χ0v) is 28.0. The predicted octanol–water partition coefficient (Wildman–Crippen LogP) is 1.43. The number of ether oxygens (including phenoxy) is 4. The van der Waals surface area contributed by atoms with Gasteiger partial charge in [-0.1, -0.05) is 61.2 Å². The average molecular weight is 715 g/mol. The Hall–Kier alpha value is -4.64. The lowest BCUT2D eigenvalue weighted by atomic mass is 9.98. The van der Waals surface area contributed by atoms with Crippen LogP contribution in [-0.2, 0) is 33.3 Å². The van der Waals surface area contributed by atoms with E-state index in [0.717, 1.165) is 34.0 Å². The highest BCUT2D eigenvalue weighted by molar-refractivity contribution is 7.99. The SMILES string of the molecule is C=CCOC(=O)N[C@@H]1[C@@H](O)[C@@H](O)[C@@H](COC(=O)[C@H](CCC(N)=O)NC(=O)OCC2c3ccccc3-c3ccccc32)O[C@@H]1SCCCC(N)=O. The number of aliphatic hydroxyl groups is 2. The van der Waals surface area contributed by atoms with E-state index < -0.39 is 72.4 Å². The Morgan fingerprint density at radius 2 is 1.52 bits per heavy atom. The summed E-state index contributed by atoms with van der Waals surface area (Å²) < 4.78 is 21.8. The highest BCUT2D eigenvalue weighted by Crippen LogP contribution is 2.44. The highest BCUT2D eigenvalue weighted by Gasteiger charge is 2.46. The van der Waals surface area contributed by atoms with Gasteiger partial charge in [-0.25, -0.2) is 14.4 Å². The Bertz CT molecular complexity index is 1500. The van der Waals surface area contributed by atoms with Crippen molar-refractivity contribution < 1.29 is 53.1 Å². The molecular weight excluding hydrogens is 672 g/mol. The standard InChI is InChI=1S/C34H42N4O11S/c1-2-15-46-34(45)38-28-30(42)29(41)25(49-32(28)50-16-7-12-26(35)39)18-47-31(43)24(13-14-27(36)40)37-33(44)48-17-23-21-10-5-3-8-19(21)20-9-4-6-11-22(20)23/h2-6,8-11,23-25,28-30,32,41-42H,1,7,12-18H2,(H2,35,39)(H2,36,40)(H,37,44)(H,38,45)/t24-,25+,28+,29-,30+,32+/m0/s1. The van der Waals surface area contributed by atoms with Gasteiger partial charge in [-0.05, 0) is 40.8 Å². The third-order valence-electron chi connectivity index (χ3n) is 8.16. The Kier molecular flexibility index (Phi) is 14.0. The zero-order valence-electron chi connectivity index (χ0n) is 27.2. The van der Waals surface area contributed by atoms with Gasteiger partial charge in [0.25, 0.3) is 0 Å². The fourth-order valence-corrected chi connectivity index (χ4v) is 6.91. The van der Waals surface area contributed by atoms with Crippen LogP contribution in [0.3, 0.4) is 0 Å². The lowest BCUT2D eigenvalue weighted by Crippen LogP contribution is -2.63. The first-order chi connectivity index (χ1) is 24.0. The minimum Gasteiger partial charge on any atom is -0.461 e. The number of nitrogens with one attached hydrogen (secondary N) is 2. The molecule has 0 saturated carbocycles. The fourth-order valence-electron chi connectivity index (χ4n) is 5.71. The predicted molar refractivity (Wildman–Crippen MR) is 181 cm³/mol. The number of aliphatic hydroxyl groups excluding tert-OH is 2. The van der Waals surface area contributed by atoms with Crippen molar-refractivity contribution >= 4 is 41.7 Å². The minimum absolute atomic E-state index is 0.0216. The number of amides is 4. The van der Waals surface area contributed by atoms with Crippen LogP contribution in [0.1, 0.15) is 42.7 Å². The number of hydrogen-bond donors (Lipinski definition) is 6. The van der Waals surface area contributed by atoms with Crippen LogP contribution in [-0.4, -0.2) is 102 Å². The third kappa shape index (κ3) is 10.2. The van der Waals surface area contributed by atoms with Crippen LogP contribution < -0.4 is 22.1 Å². The summed E-state index contributed by atoms with van der Waals surface area (Å²) in [6, 6.07) is 13.1. The molecule has 1 fully saturated rings. The van der Waals surface area contributed by atoms with E-state index in [1.54, 1.807) is 0 Å². The summed E-state index contributed by atoms with van der Waals surface area (Å²) in [4.78, 5) is 61.1. The number of nitrogens with two attached hydrogens (primary N) is 2. The van der Waals surface area contributed by atoms with Gasteiger partial charge < -0.3 is 51.3 Å². The molecule has 1 aliphatic heterocycles. The van der Waals surface area contributed by atoms with Crippen LogP contribution in [0.5, 0.6) is 0 Å². The molecule has 0 radical (unpaired) electrons. The van der Waals surface area contributed by atoms with Gasteiger partial charge in [-0.3, -0.25) is 9.59 Å². The number of carbonyl (C=O) groups excluding carboxylic acids is 5. The zero-order chi connectivity index (χ0) is 36.2. The first-order valence-corrected chi connectivity index (χ1v) is 17.1. The molecule has 4 amide bonds. The lowest BCUT2D eigenvalue weighted by molar-refractivity contribution is -0.183. The minimum atomic E-state index is -1.63. The van der Waals surface area contributed by atoms with Crippen molar-refractivity contribution in [3.63, 3.8) is 0 Å². The molecule has 1 heterocycles. The average Bonchev–Trinajstić information content (AvgIpc) is 3.42. The Morgan fingerprint density at radius 3 is 2.14 bits per heavy atom. The van der Waals surface area contributed by atoms with E-state index in [2.05, 4.69) is 17.2 Å². The Labute approximate surface area is 293 Å². The van der Waals surface area contributed by atoms with Gasteiger partial charge in [-0.15, -0.1) is 11.8 Å². The molecule has 0 unspecified atom stereocenters. The maximum absolute atomic E-state index is 13.2. The summed E-state index contributed by atoms with van der Waals surface area (Å²) >= 11 is 1.13. The van der Waals surface area contributed by atoms with Crippen LogP contribution >= 0.6 is 11.8 Å². The molecule has 4 rings (SSSR count). The maximum Gasteiger partial charge on any atom is 0.407 e. The molecule has 1 aliphatic carbocycles. The number of rotatable bonds is 17. The quantitative estimate of drug-likeness (QED) is 0.0591. The maximum atomic E-state index is 13.2. The van der Waals surface area contributed by atoms with E-state index in [-0.39, 0.29) is 38.4 Å². The summed E-state index contributed by atoms with van der Waals surface area (Å²) in [5.74, 6) is -2.08. The summed E-state index contributed by atoms with van der Waals surface area (Å²) in [5.41, 5.74) is 13.6. The van der Waals surface area contributed by atoms with Crippen molar-refractivity contribution in [2.45, 2.75) is 67.4 Å². The molecule has 0 bridgehead atoms. The summed E-state index contributed by atoms with van der Waals surface area (Å²) in [6.07, 6.45) is -4.95. The molecule has 2 aromatic carbocycles. The monoisotopic (exact) mass is 714 g/mol. The van der Waals surface area contributed by atoms with Gasteiger partial charge in [0.2, 0.25) is 11.8 Å². The molecule has 2 aliphatic rings. The van der Waals surface area contributed by atoms with Crippen molar-refractivity contribution in [2.24, 2.45) is 11.5 Å². The number of primary amides is 2. The first kappa shape index (κ1) is 38.2. The number of thioether (sulfide) groups is 1. The number of hydrogen-bond acceptors (Lipinski definition) is 12. The molecule has 6 atom stereocenters. The second kappa shape index (κ2) is 18.4.